The molecular weight excluding hydrogens is 292 g/mol. The summed E-state index contributed by atoms with van der Waals surface area (Å²) in [6.07, 6.45) is 0.416. The minimum Gasteiger partial charge on any atom is -0.496 e. The SMILES string of the molecule is COc1cc(CCNC(=O)C2CNCCO2)ccc1C.Cl. The van der Waals surface area contributed by atoms with Crippen molar-refractivity contribution in [1.29, 1.82) is 0 Å². The van der Waals surface area contributed by atoms with Gasteiger partial charge in [-0.3, -0.25) is 4.79 Å². The monoisotopic (exact) mass is 314 g/mol. The molecule has 118 valence electrons. The van der Waals surface area contributed by atoms with Crippen molar-refractivity contribution < 1.29 is 14.3 Å². The summed E-state index contributed by atoms with van der Waals surface area (Å²) in [4.78, 5) is 11.9. The number of benzene rings is 1. The van der Waals surface area contributed by atoms with Gasteiger partial charge >= 0.3 is 0 Å². The van der Waals surface area contributed by atoms with Crippen LogP contribution < -0.4 is 15.4 Å². The van der Waals surface area contributed by atoms with Crippen LogP contribution in [0, 0.1) is 6.92 Å². The minimum absolute atomic E-state index is 0. The summed E-state index contributed by atoms with van der Waals surface area (Å²) in [5, 5.41) is 6.05. The summed E-state index contributed by atoms with van der Waals surface area (Å²) in [7, 11) is 1.67. The van der Waals surface area contributed by atoms with Crippen molar-refractivity contribution in [3.05, 3.63) is 29.3 Å². The molecular formula is C15H23ClN2O3. The molecule has 1 aliphatic heterocycles. The number of carbonyl (C=O) groups is 1. The summed E-state index contributed by atoms with van der Waals surface area (Å²) < 4.78 is 10.7. The molecule has 1 fully saturated rings. The summed E-state index contributed by atoms with van der Waals surface area (Å²) in [5.74, 6) is 0.838. The van der Waals surface area contributed by atoms with Gasteiger partial charge in [-0.1, -0.05) is 12.1 Å². The molecule has 2 N–H and O–H groups in total. The van der Waals surface area contributed by atoms with Gasteiger partial charge in [0.1, 0.15) is 11.9 Å². The zero-order chi connectivity index (χ0) is 14.4. The third-order valence-electron chi connectivity index (χ3n) is 3.41. The van der Waals surface area contributed by atoms with Gasteiger partial charge in [0.05, 0.1) is 13.7 Å². The predicted octanol–water partition coefficient (Wildman–Crippen LogP) is 1.07. The van der Waals surface area contributed by atoms with Gasteiger partial charge in [-0.15, -0.1) is 12.4 Å². The van der Waals surface area contributed by atoms with E-state index in [4.69, 9.17) is 9.47 Å². The third-order valence-corrected chi connectivity index (χ3v) is 3.41. The summed E-state index contributed by atoms with van der Waals surface area (Å²) >= 11 is 0. The molecule has 1 saturated heterocycles. The second-order valence-electron chi connectivity index (χ2n) is 4.91. The summed E-state index contributed by atoms with van der Waals surface area (Å²) in [5.41, 5.74) is 2.26. The zero-order valence-corrected chi connectivity index (χ0v) is 13.3. The molecule has 0 saturated carbocycles. The van der Waals surface area contributed by atoms with Gasteiger partial charge in [-0.25, -0.2) is 0 Å². The van der Waals surface area contributed by atoms with Crippen molar-refractivity contribution >= 4 is 18.3 Å². The average Bonchev–Trinajstić information content (AvgIpc) is 2.49. The second-order valence-corrected chi connectivity index (χ2v) is 4.91. The fourth-order valence-electron chi connectivity index (χ4n) is 2.20. The van der Waals surface area contributed by atoms with Gasteiger partial charge in [0.25, 0.3) is 0 Å². The van der Waals surface area contributed by atoms with E-state index < -0.39 is 0 Å². The zero-order valence-electron chi connectivity index (χ0n) is 12.5. The normalized spacial score (nSPS) is 17.7. The lowest BCUT2D eigenvalue weighted by molar-refractivity contribution is -0.134. The van der Waals surface area contributed by atoms with Crippen molar-refractivity contribution in [3.63, 3.8) is 0 Å². The second kappa shape index (κ2) is 8.87. The molecule has 1 unspecified atom stereocenters. The Morgan fingerprint density at radius 1 is 1.52 bits per heavy atom. The fraction of sp³-hybridized carbons (Fsp3) is 0.533. The lowest BCUT2D eigenvalue weighted by Gasteiger charge is -2.22. The van der Waals surface area contributed by atoms with E-state index in [2.05, 4.69) is 16.7 Å². The average molecular weight is 315 g/mol. The van der Waals surface area contributed by atoms with Crippen LogP contribution in [-0.2, 0) is 16.0 Å². The van der Waals surface area contributed by atoms with Gasteiger partial charge in [-0.2, -0.15) is 0 Å². The fourth-order valence-corrected chi connectivity index (χ4v) is 2.20. The van der Waals surface area contributed by atoms with Gasteiger partial charge in [-0.05, 0) is 30.5 Å². The van der Waals surface area contributed by atoms with Crippen LogP contribution in [0.5, 0.6) is 5.75 Å². The number of morpholine rings is 1. The number of hydrogen-bond donors (Lipinski definition) is 2. The predicted molar refractivity (Wildman–Crippen MR) is 84.3 cm³/mol. The maximum atomic E-state index is 11.9. The first kappa shape index (κ1) is 17.8. The van der Waals surface area contributed by atoms with Crippen LogP contribution in [0.4, 0.5) is 0 Å². The van der Waals surface area contributed by atoms with Crippen molar-refractivity contribution in [1.82, 2.24) is 10.6 Å². The summed E-state index contributed by atoms with van der Waals surface area (Å²) in [6, 6.07) is 6.10. The molecule has 1 atom stereocenters. The molecule has 21 heavy (non-hydrogen) atoms. The molecule has 1 aromatic rings. The van der Waals surface area contributed by atoms with Gasteiger partial charge < -0.3 is 20.1 Å². The highest BCUT2D eigenvalue weighted by molar-refractivity contribution is 5.85. The van der Waals surface area contributed by atoms with E-state index in [1.165, 1.54) is 0 Å². The highest BCUT2D eigenvalue weighted by Gasteiger charge is 2.20. The number of ether oxygens (including phenoxy) is 2. The molecule has 0 aromatic heterocycles. The standard InChI is InChI=1S/C15H22N2O3.ClH/c1-11-3-4-12(9-13(11)19-2)5-6-17-15(18)14-10-16-7-8-20-14;/h3-4,9,14,16H,5-8,10H2,1-2H3,(H,17,18);1H. The molecule has 1 amide bonds. The number of nitrogens with one attached hydrogen (secondary N) is 2. The van der Waals surface area contributed by atoms with E-state index >= 15 is 0 Å². The van der Waals surface area contributed by atoms with E-state index in [9.17, 15) is 4.79 Å². The number of halogens is 1. The Bertz CT molecular complexity index is 462. The highest BCUT2D eigenvalue weighted by atomic mass is 35.5. The largest absolute Gasteiger partial charge is 0.496 e. The smallest absolute Gasteiger partial charge is 0.250 e. The quantitative estimate of drug-likeness (QED) is 0.853. The minimum atomic E-state index is -0.365. The molecule has 1 heterocycles. The third kappa shape index (κ3) is 5.19. The van der Waals surface area contributed by atoms with E-state index in [1.807, 2.05) is 19.1 Å². The van der Waals surface area contributed by atoms with Gasteiger partial charge in [0.15, 0.2) is 0 Å². The lowest BCUT2D eigenvalue weighted by Crippen LogP contribution is -2.48. The van der Waals surface area contributed by atoms with Crippen LogP contribution >= 0.6 is 12.4 Å². The van der Waals surface area contributed by atoms with E-state index in [-0.39, 0.29) is 24.4 Å². The van der Waals surface area contributed by atoms with Crippen LogP contribution in [0.1, 0.15) is 11.1 Å². The van der Waals surface area contributed by atoms with E-state index in [0.29, 0.717) is 19.7 Å². The molecule has 0 bridgehead atoms. The Hall–Kier alpha value is -1.30. The van der Waals surface area contributed by atoms with Crippen molar-refractivity contribution in [2.75, 3.05) is 33.4 Å². The number of hydrogen-bond acceptors (Lipinski definition) is 4. The number of carbonyl (C=O) groups excluding carboxylic acids is 1. The summed E-state index contributed by atoms with van der Waals surface area (Å²) in [6.45, 7) is 4.60. The Morgan fingerprint density at radius 2 is 2.33 bits per heavy atom. The van der Waals surface area contributed by atoms with Crippen molar-refractivity contribution in [2.45, 2.75) is 19.4 Å². The van der Waals surface area contributed by atoms with Crippen molar-refractivity contribution in [2.24, 2.45) is 0 Å². The Morgan fingerprint density at radius 3 is 3.00 bits per heavy atom. The van der Waals surface area contributed by atoms with Crippen LogP contribution in [-0.4, -0.2) is 45.4 Å². The van der Waals surface area contributed by atoms with Gasteiger partial charge in [0.2, 0.25) is 5.91 Å². The molecule has 2 rings (SSSR count). The molecule has 0 spiro atoms. The van der Waals surface area contributed by atoms with E-state index in [0.717, 1.165) is 29.8 Å². The first-order valence-electron chi connectivity index (χ1n) is 6.94. The maximum Gasteiger partial charge on any atom is 0.250 e. The van der Waals surface area contributed by atoms with Gasteiger partial charge in [0, 0.05) is 19.6 Å². The first-order chi connectivity index (χ1) is 9.70. The molecule has 0 radical (unpaired) electrons. The highest BCUT2D eigenvalue weighted by Crippen LogP contribution is 2.18. The van der Waals surface area contributed by atoms with E-state index in [1.54, 1.807) is 7.11 Å². The number of amides is 1. The van der Waals surface area contributed by atoms with Crippen LogP contribution in [0.15, 0.2) is 18.2 Å². The Balaban J connectivity index is 0.00000220. The van der Waals surface area contributed by atoms with Crippen LogP contribution in [0.2, 0.25) is 0 Å². The number of methoxy groups -OCH3 is 1. The molecule has 6 heteroatoms. The first-order valence-corrected chi connectivity index (χ1v) is 6.94. The molecule has 5 nitrogen and oxygen atoms in total. The van der Waals surface area contributed by atoms with Crippen LogP contribution in [0.3, 0.4) is 0 Å². The molecule has 1 aromatic carbocycles. The van der Waals surface area contributed by atoms with Crippen LogP contribution in [0.25, 0.3) is 0 Å². The molecule has 1 aliphatic rings. The lowest BCUT2D eigenvalue weighted by atomic mass is 10.1. The number of aryl methyl sites for hydroxylation is 1. The maximum absolute atomic E-state index is 11.9. The molecule has 0 aliphatic carbocycles. The Labute approximate surface area is 131 Å². The number of rotatable bonds is 5. The van der Waals surface area contributed by atoms with Crippen molar-refractivity contribution in [3.8, 4) is 5.75 Å². The topological polar surface area (TPSA) is 59.6 Å². The Kier molecular flexibility index (Phi) is 7.50.